The summed E-state index contributed by atoms with van der Waals surface area (Å²) in [6, 6.07) is 15.0. The zero-order valence-electron chi connectivity index (χ0n) is 15.3. The lowest BCUT2D eigenvalue weighted by Crippen LogP contribution is -2.58. The Morgan fingerprint density at radius 2 is 1.72 bits per heavy atom. The SMILES string of the molecule is Cc1ccc(C=C[C@@]23NC(=O)CN2c2ccc(C)cc2C3(C)C)cc1. The summed E-state index contributed by atoms with van der Waals surface area (Å²) < 4.78 is 0. The Balaban J connectivity index is 1.83. The molecule has 2 aromatic rings. The number of amides is 1. The molecule has 1 saturated heterocycles. The van der Waals surface area contributed by atoms with E-state index in [1.54, 1.807) is 0 Å². The summed E-state index contributed by atoms with van der Waals surface area (Å²) in [5.74, 6) is 0.0767. The van der Waals surface area contributed by atoms with E-state index >= 15 is 0 Å². The van der Waals surface area contributed by atoms with Gasteiger partial charge in [0.15, 0.2) is 0 Å². The van der Waals surface area contributed by atoms with Crippen LogP contribution in [0.25, 0.3) is 6.08 Å². The first-order valence-electron chi connectivity index (χ1n) is 8.79. The first-order chi connectivity index (χ1) is 11.8. The first kappa shape index (κ1) is 15.9. The van der Waals surface area contributed by atoms with Crippen LogP contribution in [0.15, 0.2) is 48.5 Å². The molecule has 2 heterocycles. The van der Waals surface area contributed by atoms with Gasteiger partial charge in [-0.2, -0.15) is 0 Å². The van der Waals surface area contributed by atoms with E-state index in [2.05, 4.69) is 92.5 Å². The quantitative estimate of drug-likeness (QED) is 0.903. The Hall–Kier alpha value is -2.55. The first-order valence-corrected chi connectivity index (χ1v) is 8.79. The van der Waals surface area contributed by atoms with Crippen molar-refractivity contribution in [2.24, 2.45) is 0 Å². The largest absolute Gasteiger partial charge is 0.335 e. The van der Waals surface area contributed by atoms with Crippen LogP contribution < -0.4 is 10.2 Å². The summed E-state index contributed by atoms with van der Waals surface area (Å²) in [6.07, 6.45) is 4.29. The molecule has 1 N–H and O–H groups in total. The van der Waals surface area contributed by atoms with Crippen molar-refractivity contribution in [3.05, 3.63) is 70.8 Å². The highest BCUT2D eigenvalue weighted by Gasteiger charge is 2.59. The fraction of sp³-hybridized carbons (Fsp3) is 0.318. The number of rotatable bonds is 2. The highest BCUT2D eigenvalue weighted by Crippen LogP contribution is 2.53. The maximum atomic E-state index is 12.3. The molecule has 2 aliphatic rings. The molecule has 0 saturated carbocycles. The number of hydrogen-bond acceptors (Lipinski definition) is 2. The predicted molar refractivity (Wildman–Crippen MR) is 103 cm³/mol. The fourth-order valence-electron chi connectivity index (χ4n) is 4.18. The van der Waals surface area contributed by atoms with Gasteiger partial charge >= 0.3 is 0 Å². The van der Waals surface area contributed by atoms with Gasteiger partial charge in [0.2, 0.25) is 5.91 Å². The Bertz CT molecular complexity index is 879. The van der Waals surface area contributed by atoms with Gasteiger partial charge in [0, 0.05) is 11.1 Å². The van der Waals surface area contributed by atoms with Crippen LogP contribution in [0.1, 0.15) is 36.1 Å². The highest BCUT2D eigenvalue weighted by atomic mass is 16.2. The summed E-state index contributed by atoms with van der Waals surface area (Å²) in [5, 5.41) is 3.27. The number of aryl methyl sites for hydroxylation is 2. The van der Waals surface area contributed by atoms with Crippen molar-refractivity contribution in [2.75, 3.05) is 11.4 Å². The Kier molecular flexibility index (Phi) is 3.33. The van der Waals surface area contributed by atoms with E-state index in [0.29, 0.717) is 6.54 Å². The van der Waals surface area contributed by atoms with Gasteiger partial charge in [-0.25, -0.2) is 0 Å². The molecule has 128 valence electrons. The van der Waals surface area contributed by atoms with Crippen molar-refractivity contribution < 1.29 is 4.79 Å². The minimum absolute atomic E-state index is 0.0767. The van der Waals surface area contributed by atoms with E-state index in [1.807, 2.05) is 0 Å². The van der Waals surface area contributed by atoms with E-state index in [0.717, 1.165) is 11.3 Å². The minimum atomic E-state index is -0.523. The van der Waals surface area contributed by atoms with Gasteiger partial charge in [0.05, 0.1) is 6.54 Å². The Labute approximate surface area is 149 Å². The lowest BCUT2D eigenvalue weighted by molar-refractivity contribution is -0.118. The van der Waals surface area contributed by atoms with Gasteiger partial charge < -0.3 is 10.2 Å². The fourth-order valence-corrected chi connectivity index (χ4v) is 4.18. The molecule has 0 radical (unpaired) electrons. The van der Waals surface area contributed by atoms with Gasteiger partial charge in [0.25, 0.3) is 0 Å². The number of hydrogen-bond donors (Lipinski definition) is 1. The molecule has 1 amide bonds. The average molecular weight is 332 g/mol. The summed E-state index contributed by atoms with van der Waals surface area (Å²) >= 11 is 0. The van der Waals surface area contributed by atoms with Crippen molar-refractivity contribution in [3.8, 4) is 0 Å². The molecule has 4 rings (SSSR count). The molecule has 3 nitrogen and oxygen atoms in total. The summed E-state index contributed by atoms with van der Waals surface area (Å²) in [6.45, 7) is 9.04. The predicted octanol–water partition coefficient (Wildman–Crippen LogP) is 3.94. The number of nitrogens with one attached hydrogen (secondary N) is 1. The molecule has 0 aliphatic carbocycles. The van der Waals surface area contributed by atoms with Crippen LogP contribution in [0.3, 0.4) is 0 Å². The van der Waals surface area contributed by atoms with E-state index in [1.165, 1.54) is 16.7 Å². The Morgan fingerprint density at radius 1 is 1.04 bits per heavy atom. The summed E-state index contributed by atoms with van der Waals surface area (Å²) in [4.78, 5) is 14.5. The maximum Gasteiger partial charge on any atom is 0.241 e. The van der Waals surface area contributed by atoms with Crippen molar-refractivity contribution in [2.45, 2.75) is 38.8 Å². The third kappa shape index (κ3) is 2.22. The molecular weight excluding hydrogens is 308 g/mol. The van der Waals surface area contributed by atoms with Gasteiger partial charge in [-0.3, -0.25) is 4.79 Å². The van der Waals surface area contributed by atoms with Crippen LogP contribution in [-0.2, 0) is 10.2 Å². The van der Waals surface area contributed by atoms with E-state index in [4.69, 9.17) is 0 Å². The monoisotopic (exact) mass is 332 g/mol. The molecule has 1 atom stereocenters. The maximum absolute atomic E-state index is 12.3. The van der Waals surface area contributed by atoms with E-state index in [-0.39, 0.29) is 11.3 Å². The van der Waals surface area contributed by atoms with Crippen LogP contribution in [0.5, 0.6) is 0 Å². The summed E-state index contributed by atoms with van der Waals surface area (Å²) in [7, 11) is 0. The molecule has 2 aromatic carbocycles. The van der Waals surface area contributed by atoms with Gasteiger partial charge in [-0.1, -0.05) is 67.4 Å². The standard InChI is InChI=1S/C22H24N2O/c1-15-5-8-17(9-6-15)11-12-22-21(3,4)18-13-16(2)7-10-19(18)24(22)14-20(25)23-22/h5-13H,14H2,1-4H3,(H,23,25)/t22-/m1/s1. The molecule has 0 spiro atoms. The van der Waals surface area contributed by atoms with Crippen LogP contribution in [0.4, 0.5) is 5.69 Å². The molecule has 1 fully saturated rings. The van der Waals surface area contributed by atoms with Crippen LogP contribution in [-0.4, -0.2) is 18.1 Å². The second kappa shape index (κ2) is 5.22. The second-order valence-electron chi connectivity index (χ2n) is 7.79. The lowest BCUT2D eigenvalue weighted by Gasteiger charge is -2.40. The number of anilines is 1. The average Bonchev–Trinajstić information content (AvgIpc) is 2.99. The molecule has 0 bridgehead atoms. The van der Waals surface area contributed by atoms with E-state index < -0.39 is 5.66 Å². The van der Waals surface area contributed by atoms with Crippen molar-refractivity contribution in [1.29, 1.82) is 0 Å². The lowest BCUT2D eigenvalue weighted by atomic mass is 9.75. The van der Waals surface area contributed by atoms with Gasteiger partial charge in [0.1, 0.15) is 5.66 Å². The van der Waals surface area contributed by atoms with Crippen LogP contribution in [0.2, 0.25) is 0 Å². The topological polar surface area (TPSA) is 32.3 Å². The third-order valence-corrected chi connectivity index (χ3v) is 5.72. The number of nitrogens with zero attached hydrogens (tertiary/aromatic N) is 1. The number of benzene rings is 2. The van der Waals surface area contributed by atoms with Crippen LogP contribution in [0, 0.1) is 13.8 Å². The smallest absolute Gasteiger partial charge is 0.241 e. The third-order valence-electron chi connectivity index (χ3n) is 5.72. The molecule has 25 heavy (non-hydrogen) atoms. The Morgan fingerprint density at radius 3 is 2.44 bits per heavy atom. The van der Waals surface area contributed by atoms with Gasteiger partial charge in [-0.05, 0) is 37.1 Å². The number of carbonyl (C=O) groups excluding carboxylic acids is 1. The normalized spacial score (nSPS) is 23.7. The zero-order chi connectivity index (χ0) is 17.8. The highest BCUT2D eigenvalue weighted by molar-refractivity contribution is 5.91. The number of carbonyl (C=O) groups is 1. The molecule has 2 aliphatic heterocycles. The van der Waals surface area contributed by atoms with Crippen molar-refractivity contribution in [1.82, 2.24) is 5.32 Å². The van der Waals surface area contributed by atoms with Crippen molar-refractivity contribution in [3.63, 3.8) is 0 Å². The van der Waals surface area contributed by atoms with Crippen molar-refractivity contribution >= 4 is 17.7 Å². The molecule has 3 heteroatoms. The minimum Gasteiger partial charge on any atom is -0.335 e. The second-order valence-corrected chi connectivity index (χ2v) is 7.79. The number of fused-ring (bicyclic) bond motifs is 3. The zero-order valence-corrected chi connectivity index (χ0v) is 15.3. The molecular formula is C22H24N2O. The van der Waals surface area contributed by atoms with Crippen LogP contribution >= 0.6 is 0 Å². The molecule has 0 unspecified atom stereocenters. The molecule has 0 aromatic heterocycles. The summed E-state index contributed by atoms with van der Waals surface area (Å²) in [5.41, 5.74) is 5.34. The van der Waals surface area contributed by atoms with E-state index in [9.17, 15) is 4.79 Å². The van der Waals surface area contributed by atoms with Gasteiger partial charge in [-0.15, -0.1) is 0 Å².